The zero-order valence-corrected chi connectivity index (χ0v) is 12.8. The van der Waals surface area contributed by atoms with Gasteiger partial charge in [0.15, 0.2) is 0 Å². The number of hydrogen-bond acceptors (Lipinski definition) is 2. The highest BCUT2D eigenvalue weighted by Gasteiger charge is 2.06. The number of furan rings is 1. The van der Waals surface area contributed by atoms with Gasteiger partial charge in [0.05, 0.1) is 6.26 Å². The molecule has 3 rings (SSSR count). The molecule has 3 aromatic rings. The van der Waals surface area contributed by atoms with Gasteiger partial charge < -0.3 is 9.73 Å². The Morgan fingerprint density at radius 1 is 1.15 bits per heavy atom. The van der Waals surface area contributed by atoms with Crippen LogP contribution in [0.5, 0.6) is 0 Å². The Morgan fingerprint density at radius 3 is 2.90 bits per heavy atom. The molecule has 100 valence electrons. The van der Waals surface area contributed by atoms with Gasteiger partial charge in [-0.25, -0.2) is 0 Å². The first-order valence-corrected chi connectivity index (χ1v) is 7.30. The van der Waals surface area contributed by atoms with Gasteiger partial charge in [-0.3, -0.25) is 4.79 Å². The topological polar surface area (TPSA) is 42.2 Å². The van der Waals surface area contributed by atoms with E-state index in [1.165, 1.54) is 0 Å². The summed E-state index contributed by atoms with van der Waals surface area (Å²) in [6, 6.07) is 15.4. The van der Waals surface area contributed by atoms with Crippen molar-refractivity contribution < 1.29 is 9.21 Å². The molecule has 0 saturated heterocycles. The average molecular weight is 377 g/mol. The lowest BCUT2D eigenvalue weighted by Gasteiger charge is -2.06. The predicted molar refractivity (Wildman–Crippen MR) is 86.5 cm³/mol. The Hall–Kier alpha value is -1.82. The van der Waals surface area contributed by atoms with Crippen molar-refractivity contribution in [3.63, 3.8) is 0 Å². The molecule has 1 heterocycles. The molecule has 0 aliphatic carbocycles. The number of nitrogens with one attached hydrogen (secondary N) is 1. The molecule has 0 saturated carbocycles. The second-order valence-corrected chi connectivity index (χ2v) is 5.73. The molecule has 0 aliphatic heterocycles. The molecular formula is C16H12INO2. The lowest BCUT2D eigenvalue weighted by Crippen LogP contribution is -2.22. The van der Waals surface area contributed by atoms with E-state index in [2.05, 4.69) is 27.9 Å². The second kappa shape index (κ2) is 5.66. The standard InChI is InChI=1S/C16H12INO2/c17-14-3-1-2-13(9-14)16(19)18-10-11-4-5-12-6-7-20-15(12)8-11/h1-9H,10H2,(H,18,19). The van der Waals surface area contributed by atoms with Gasteiger partial charge in [0, 0.05) is 21.1 Å². The van der Waals surface area contributed by atoms with Crippen LogP contribution in [0.3, 0.4) is 0 Å². The summed E-state index contributed by atoms with van der Waals surface area (Å²) < 4.78 is 6.40. The van der Waals surface area contributed by atoms with Crippen LogP contribution in [0.15, 0.2) is 59.2 Å². The summed E-state index contributed by atoms with van der Waals surface area (Å²) in [5, 5.41) is 3.98. The lowest BCUT2D eigenvalue weighted by atomic mass is 10.1. The minimum atomic E-state index is -0.0666. The van der Waals surface area contributed by atoms with Gasteiger partial charge in [0.2, 0.25) is 0 Å². The smallest absolute Gasteiger partial charge is 0.251 e. The van der Waals surface area contributed by atoms with Crippen LogP contribution in [0.1, 0.15) is 15.9 Å². The van der Waals surface area contributed by atoms with Crippen molar-refractivity contribution in [3.8, 4) is 0 Å². The van der Waals surface area contributed by atoms with E-state index in [1.807, 2.05) is 48.5 Å². The van der Waals surface area contributed by atoms with Crippen molar-refractivity contribution in [3.05, 3.63) is 69.5 Å². The summed E-state index contributed by atoms with van der Waals surface area (Å²) >= 11 is 2.20. The molecule has 1 aromatic heterocycles. The summed E-state index contributed by atoms with van der Waals surface area (Å²) in [6.45, 7) is 0.487. The molecule has 1 amide bonds. The predicted octanol–water partition coefficient (Wildman–Crippen LogP) is 3.97. The highest BCUT2D eigenvalue weighted by Crippen LogP contribution is 2.17. The van der Waals surface area contributed by atoms with Crippen molar-refractivity contribution in [1.29, 1.82) is 0 Å². The van der Waals surface area contributed by atoms with Gasteiger partial charge in [-0.15, -0.1) is 0 Å². The first kappa shape index (κ1) is 13.2. The quantitative estimate of drug-likeness (QED) is 0.702. The van der Waals surface area contributed by atoms with E-state index in [-0.39, 0.29) is 5.91 Å². The van der Waals surface area contributed by atoms with Gasteiger partial charge in [0.1, 0.15) is 5.58 Å². The Labute approximate surface area is 130 Å². The number of fused-ring (bicyclic) bond motifs is 1. The zero-order chi connectivity index (χ0) is 13.9. The maximum Gasteiger partial charge on any atom is 0.251 e. The molecular weight excluding hydrogens is 365 g/mol. The highest BCUT2D eigenvalue weighted by atomic mass is 127. The van der Waals surface area contributed by atoms with Crippen LogP contribution in [-0.2, 0) is 6.54 Å². The SMILES string of the molecule is O=C(NCc1ccc2ccoc2c1)c1cccc(I)c1. The number of rotatable bonds is 3. The molecule has 0 spiro atoms. The fourth-order valence-electron chi connectivity index (χ4n) is 2.02. The molecule has 2 aromatic carbocycles. The molecule has 0 bridgehead atoms. The van der Waals surface area contributed by atoms with Crippen LogP contribution in [0.4, 0.5) is 0 Å². The fourth-order valence-corrected chi connectivity index (χ4v) is 2.57. The van der Waals surface area contributed by atoms with Crippen molar-refractivity contribution in [2.75, 3.05) is 0 Å². The molecule has 0 fully saturated rings. The van der Waals surface area contributed by atoms with Crippen molar-refractivity contribution >= 4 is 39.5 Å². The summed E-state index contributed by atoms with van der Waals surface area (Å²) in [5.41, 5.74) is 2.54. The first-order valence-electron chi connectivity index (χ1n) is 6.22. The molecule has 1 N–H and O–H groups in total. The third-order valence-corrected chi connectivity index (χ3v) is 3.73. The van der Waals surface area contributed by atoms with E-state index in [1.54, 1.807) is 6.26 Å². The van der Waals surface area contributed by atoms with E-state index in [0.29, 0.717) is 12.1 Å². The molecule has 20 heavy (non-hydrogen) atoms. The Bertz CT molecular complexity index is 764. The maximum atomic E-state index is 12.0. The zero-order valence-electron chi connectivity index (χ0n) is 10.6. The van der Waals surface area contributed by atoms with Crippen LogP contribution in [0.2, 0.25) is 0 Å². The van der Waals surface area contributed by atoms with Gasteiger partial charge in [0.25, 0.3) is 5.91 Å². The Morgan fingerprint density at radius 2 is 2.05 bits per heavy atom. The van der Waals surface area contributed by atoms with Crippen molar-refractivity contribution in [1.82, 2.24) is 5.32 Å². The minimum absolute atomic E-state index is 0.0666. The first-order chi connectivity index (χ1) is 9.72. The third-order valence-electron chi connectivity index (χ3n) is 3.06. The number of carbonyl (C=O) groups is 1. The minimum Gasteiger partial charge on any atom is -0.464 e. The maximum absolute atomic E-state index is 12.0. The van der Waals surface area contributed by atoms with E-state index >= 15 is 0 Å². The molecule has 0 atom stereocenters. The second-order valence-electron chi connectivity index (χ2n) is 4.49. The Kier molecular flexibility index (Phi) is 3.73. The van der Waals surface area contributed by atoms with E-state index in [9.17, 15) is 4.79 Å². The van der Waals surface area contributed by atoms with Gasteiger partial charge in [-0.1, -0.05) is 18.2 Å². The van der Waals surface area contributed by atoms with Gasteiger partial charge in [-0.05, 0) is 58.5 Å². The number of carbonyl (C=O) groups excluding carboxylic acids is 1. The van der Waals surface area contributed by atoms with Crippen LogP contribution < -0.4 is 5.32 Å². The number of benzene rings is 2. The molecule has 4 heteroatoms. The summed E-state index contributed by atoms with van der Waals surface area (Å²) in [6.07, 6.45) is 1.67. The van der Waals surface area contributed by atoms with Crippen molar-refractivity contribution in [2.45, 2.75) is 6.54 Å². The third kappa shape index (κ3) is 2.85. The average Bonchev–Trinajstić information content (AvgIpc) is 2.92. The van der Waals surface area contributed by atoms with E-state index < -0.39 is 0 Å². The summed E-state index contributed by atoms with van der Waals surface area (Å²) in [5.74, 6) is -0.0666. The monoisotopic (exact) mass is 377 g/mol. The normalized spacial score (nSPS) is 10.7. The summed E-state index contributed by atoms with van der Waals surface area (Å²) in [7, 11) is 0. The number of hydrogen-bond donors (Lipinski definition) is 1. The van der Waals surface area contributed by atoms with E-state index in [4.69, 9.17) is 4.42 Å². The van der Waals surface area contributed by atoms with Crippen molar-refractivity contribution in [2.24, 2.45) is 0 Å². The van der Waals surface area contributed by atoms with E-state index in [0.717, 1.165) is 20.1 Å². The van der Waals surface area contributed by atoms with Crippen LogP contribution in [-0.4, -0.2) is 5.91 Å². The summed E-state index contributed by atoms with van der Waals surface area (Å²) in [4.78, 5) is 12.0. The van der Waals surface area contributed by atoms with Crippen LogP contribution >= 0.6 is 22.6 Å². The van der Waals surface area contributed by atoms with Crippen LogP contribution in [0, 0.1) is 3.57 Å². The van der Waals surface area contributed by atoms with Gasteiger partial charge >= 0.3 is 0 Å². The molecule has 3 nitrogen and oxygen atoms in total. The van der Waals surface area contributed by atoms with Crippen LogP contribution in [0.25, 0.3) is 11.0 Å². The number of halogens is 1. The van der Waals surface area contributed by atoms with Gasteiger partial charge in [-0.2, -0.15) is 0 Å². The lowest BCUT2D eigenvalue weighted by molar-refractivity contribution is 0.0951. The molecule has 0 aliphatic rings. The molecule has 0 unspecified atom stereocenters. The number of amides is 1. The Balaban J connectivity index is 1.71. The molecule has 0 radical (unpaired) electrons. The fraction of sp³-hybridized carbons (Fsp3) is 0.0625. The largest absolute Gasteiger partial charge is 0.464 e. The highest BCUT2D eigenvalue weighted by molar-refractivity contribution is 14.1.